The van der Waals surface area contributed by atoms with E-state index < -0.39 is 0 Å². The van der Waals surface area contributed by atoms with Crippen LogP contribution < -0.4 is 21.3 Å². The summed E-state index contributed by atoms with van der Waals surface area (Å²) in [5.41, 5.74) is 6.99. The number of allylic oxidation sites excluding steroid dienone is 1. The fraction of sp³-hybridized carbons (Fsp3) is 0.182. The SMILES string of the molecule is COc1cnc(N(N)/C=C(/C)N)c2[nH]ccc12. The van der Waals surface area contributed by atoms with Crippen LogP contribution >= 0.6 is 0 Å². The number of aromatic nitrogens is 2. The molecule has 0 unspecified atom stereocenters. The first-order valence-corrected chi connectivity index (χ1v) is 5.11. The molecule has 0 fully saturated rings. The Hall–Kier alpha value is -2.21. The van der Waals surface area contributed by atoms with E-state index in [1.54, 1.807) is 26.4 Å². The second-order valence-corrected chi connectivity index (χ2v) is 3.70. The molecule has 0 aromatic carbocycles. The molecule has 17 heavy (non-hydrogen) atoms. The monoisotopic (exact) mass is 233 g/mol. The summed E-state index contributed by atoms with van der Waals surface area (Å²) in [6.07, 6.45) is 5.05. The Kier molecular flexibility index (Phi) is 2.88. The first-order valence-electron chi connectivity index (χ1n) is 5.11. The Bertz CT molecular complexity index is 556. The summed E-state index contributed by atoms with van der Waals surface area (Å²) in [5, 5.41) is 2.31. The van der Waals surface area contributed by atoms with Crippen molar-refractivity contribution in [1.82, 2.24) is 9.97 Å². The minimum Gasteiger partial charge on any atom is -0.494 e. The molecule has 2 aromatic heterocycles. The number of hydrogen-bond donors (Lipinski definition) is 3. The van der Waals surface area contributed by atoms with Crippen molar-refractivity contribution in [2.24, 2.45) is 11.6 Å². The second-order valence-electron chi connectivity index (χ2n) is 3.70. The molecular weight excluding hydrogens is 218 g/mol. The maximum absolute atomic E-state index is 5.87. The van der Waals surface area contributed by atoms with Crippen LogP contribution in [0.25, 0.3) is 10.9 Å². The number of hydrogen-bond acceptors (Lipinski definition) is 5. The molecule has 0 saturated heterocycles. The van der Waals surface area contributed by atoms with Crippen LogP contribution in [-0.2, 0) is 0 Å². The lowest BCUT2D eigenvalue weighted by atomic mass is 10.3. The number of methoxy groups -OCH3 is 1. The quantitative estimate of drug-likeness (QED) is 0.544. The Morgan fingerprint density at radius 1 is 1.59 bits per heavy atom. The number of H-pyrrole nitrogens is 1. The first-order chi connectivity index (χ1) is 8.13. The summed E-state index contributed by atoms with van der Waals surface area (Å²) in [6.45, 7) is 1.76. The van der Waals surface area contributed by atoms with E-state index in [1.165, 1.54) is 5.01 Å². The number of fused-ring (bicyclic) bond motifs is 1. The minimum absolute atomic E-state index is 0.593. The van der Waals surface area contributed by atoms with E-state index in [-0.39, 0.29) is 0 Å². The predicted octanol–water partition coefficient (Wildman–Crippen LogP) is 1.07. The standard InChI is InChI=1S/C11H15N5O/c1-7(12)6-16(13)11-10-8(3-4-14-10)9(17-2)5-15-11/h3-6,14H,12-13H2,1-2H3/b7-6-. The fourth-order valence-electron chi connectivity index (χ4n) is 1.65. The molecule has 6 heteroatoms. The normalized spacial score (nSPS) is 11.8. The molecular formula is C11H15N5O. The summed E-state index contributed by atoms with van der Waals surface area (Å²) >= 11 is 0. The van der Waals surface area contributed by atoms with Gasteiger partial charge in [0.05, 0.1) is 18.8 Å². The van der Waals surface area contributed by atoms with Gasteiger partial charge in [0.25, 0.3) is 0 Å². The van der Waals surface area contributed by atoms with Crippen molar-refractivity contribution in [2.75, 3.05) is 12.1 Å². The summed E-state index contributed by atoms with van der Waals surface area (Å²) in [4.78, 5) is 7.33. The Morgan fingerprint density at radius 3 is 3.00 bits per heavy atom. The van der Waals surface area contributed by atoms with Crippen molar-refractivity contribution < 1.29 is 4.74 Å². The molecule has 0 amide bonds. The molecule has 0 saturated carbocycles. The molecule has 0 bridgehead atoms. The molecule has 2 rings (SSSR count). The second kappa shape index (κ2) is 4.34. The summed E-state index contributed by atoms with van der Waals surface area (Å²) < 4.78 is 5.22. The highest BCUT2D eigenvalue weighted by Crippen LogP contribution is 2.29. The van der Waals surface area contributed by atoms with Crippen LogP contribution in [0.2, 0.25) is 0 Å². The van der Waals surface area contributed by atoms with Crippen LogP contribution in [0, 0.1) is 0 Å². The summed E-state index contributed by atoms with van der Waals surface area (Å²) in [5.74, 6) is 7.16. The zero-order chi connectivity index (χ0) is 12.4. The topological polar surface area (TPSA) is 93.2 Å². The number of rotatable bonds is 3. The van der Waals surface area contributed by atoms with E-state index in [9.17, 15) is 0 Å². The molecule has 2 aromatic rings. The number of nitrogens with zero attached hydrogens (tertiary/aromatic N) is 2. The van der Waals surface area contributed by atoms with Gasteiger partial charge in [0, 0.05) is 23.5 Å². The third-order valence-corrected chi connectivity index (χ3v) is 2.35. The van der Waals surface area contributed by atoms with Gasteiger partial charge in [-0.05, 0) is 13.0 Å². The van der Waals surface area contributed by atoms with Crippen molar-refractivity contribution in [3.05, 3.63) is 30.4 Å². The molecule has 0 aliphatic rings. The average molecular weight is 233 g/mol. The van der Waals surface area contributed by atoms with Gasteiger partial charge in [-0.2, -0.15) is 0 Å². The van der Waals surface area contributed by atoms with Gasteiger partial charge in [-0.3, -0.25) is 5.01 Å². The lowest BCUT2D eigenvalue weighted by molar-refractivity contribution is 0.418. The number of nitrogens with one attached hydrogen (secondary N) is 1. The fourth-order valence-corrected chi connectivity index (χ4v) is 1.65. The van der Waals surface area contributed by atoms with Crippen LogP contribution in [0.4, 0.5) is 5.82 Å². The smallest absolute Gasteiger partial charge is 0.171 e. The van der Waals surface area contributed by atoms with Crippen molar-refractivity contribution in [1.29, 1.82) is 0 Å². The third kappa shape index (κ3) is 2.02. The van der Waals surface area contributed by atoms with E-state index in [2.05, 4.69) is 9.97 Å². The number of pyridine rings is 1. The van der Waals surface area contributed by atoms with Gasteiger partial charge < -0.3 is 15.5 Å². The van der Waals surface area contributed by atoms with Crippen LogP contribution in [0.15, 0.2) is 30.4 Å². The molecule has 5 N–H and O–H groups in total. The Morgan fingerprint density at radius 2 is 2.35 bits per heavy atom. The zero-order valence-corrected chi connectivity index (χ0v) is 9.77. The van der Waals surface area contributed by atoms with Gasteiger partial charge >= 0.3 is 0 Å². The van der Waals surface area contributed by atoms with Gasteiger partial charge in [0.1, 0.15) is 5.75 Å². The summed E-state index contributed by atoms with van der Waals surface area (Å²) in [6, 6.07) is 1.91. The van der Waals surface area contributed by atoms with E-state index >= 15 is 0 Å². The van der Waals surface area contributed by atoms with Gasteiger partial charge in [0.15, 0.2) is 5.82 Å². The zero-order valence-electron chi connectivity index (χ0n) is 9.77. The van der Waals surface area contributed by atoms with Gasteiger partial charge in [-0.15, -0.1) is 0 Å². The highest BCUT2D eigenvalue weighted by Gasteiger charge is 2.11. The highest BCUT2D eigenvalue weighted by molar-refractivity contribution is 5.93. The van der Waals surface area contributed by atoms with Crippen LogP contribution in [-0.4, -0.2) is 17.1 Å². The van der Waals surface area contributed by atoms with Crippen molar-refractivity contribution >= 4 is 16.7 Å². The number of aromatic amines is 1. The molecule has 2 heterocycles. The van der Waals surface area contributed by atoms with Crippen molar-refractivity contribution in [3.8, 4) is 5.75 Å². The highest BCUT2D eigenvalue weighted by atomic mass is 16.5. The average Bonchev–Trinajstić information content (AvgIpc) is 2.75. The van der Waals surface area contributed by atoms with E-state index in [4.69, 9.17) is 16.3 Å². The maximum Gasteiger partial charge on any atom is 0.171 e. The van der Waals surface area contributed by atoms with E-state index in [0.29, 0.717) is 17.3 Å². The number of nitrogens with two attached hydrogens (primary N) is 2. The largest absolute Gasteiger partial charge is 0.494 e. The number of anilines is 1. The van der Waals surface area contributed by atoms with Crippen LogP contribution in [0.3, 0.4) is 0 Å². The summed E-state index contributed by atoms with van der Waals surface area (Å²) in [7, 11) is 1.60. The van der Waals surface area contributed by atoms with Crippen molar-refractivity contribution in [3.63, 3.8) is 0 Å². The molecule has 0 radical (unpaired) electrons. The third-order valence-electron chi connectivity index (χ3n) is 2.35. The van der Waals surface area contributed by atoms with Gasteiger partial charge in [0.2, 0.25) is 0 Å². The van der Waals surface area contributed by atoms with Crippen molar-refractivity contribution in [2.45, 2.75) is 6.92 Å². The Balaban J connectivity index is 2.56. The lowest BCUT2D eigenvalue weighted by Crippen LogP contribution is -2.26. The Labute approximate surface area is 98.8 Å². The van der Waals surface area contributed by atoms with E-state index in [0.717, 1.165) is 10.9 Å². The molecule has 0 atom stereocenters. The molecule has 0 spiro atoms. The van der Waals surface area contributed by atoms with Gasteiger partial charge in [-0.25, -0.2) is 10.8 Å². The van der Waals surface area contributed by atoms with E-state index in [1.807, 2.05) is 12.3 Å². The van der Waals surface area contributed by atoms with Gasteiger partial charge in [-0.1, -0.05) is 0 Å². The lowest BCUT2D eigenvalue weighted by Gasteiger charge is -2.14. The minimum atomic E-state index is 0.593. The number of ether oxygens (including phenoxy) is 1. The predicted molar refractivity (Wildman–Crippen MR) is 67.3 cm³/mol. The molecule has 6 nitrogen and oxygen atoms in total. The molecule has 0 aliphatic carbocycles. The van der Waals surface area contributed by atoms with Crippen LogP contribution in [0.5, 0.6) is 5.75 Å². The molecule has 0 aliphatic heterocycles. The number of hydrazine groups is 1. The first kappa shape index (κ1) is 11.3. The maximum atomic E-state index is 5.87. The molecule has 90 valence electrons. The van der Waals surface area contributed by atoms with Crippen LogP contribution in [0.1, 0.15) is 6.92 Å².